The third kappa shape index (κ3) is 3.48. The zero-order valence-corrected chi connectivity index (χ0v) is 12.8. The van der Waals surface area contributed by atoms with Crippen molar-refractivity contribution >= 4 is 35.5 Å². The lowest BCUT2D eigenvalue weighted by molar-refractivity contribution is -0.150. The molecule has 23 heavy (non-hydrogen) atoms. The number of aliphatic carboxylic acids is 2. The topological polar surface area (TPSA) is 144 Å². The van der Waals surface area contributed by atoms with E-state index in [2.05, 4.69) is 5.32 Å². The Morgan fingerprint density at radius 1 is 1.26 bits per heavy atom. The van der Waals surface area contributed by atoms with Gasteiger partial charge >= 0.3 is 11.9 Å². The number of rotatable bonds is 7. The molecule has 0 aliphatic carbocycles. The van der Waals surface area contributed by atoms with Crippen LogP contribution in [0.5, 0.6) is 0 Å². The predicted octanol–water partition coefficient (Wildman–Crippen LogP) is -1.03. The first-order valence-corrected chi connectivity index (χ1v) is 7.93. The Kier molecular flexibility index (Phi) is 5.26. The zero-order chi connectivity index (χ0) is 17.1. The number of nitrogens with zero attached hydrogens (tertiary/aromatic N) is 1. The second-order valence-electron chi connectivity index (χ2n) is 5.12. The lowest BCUT2D eigenvalue weighted by atomic mass is 10.0. The molecule has 0 aromatic carbocycles. The van der Waals surface area contributed by atoms with Crippen LogP contribution in [0.3, 0.4) is 0 Å². The molecule has 1 fully saturated rings. The van der Waals surface area contributed by atoms with Crippen LogP contribution in [-0.4, -0.2) is 67.7 Å². The standard InChI is InChI=1S/C13H16N2O7S/c16-4-6-5-23-12-9(11(20)15(12)10(6)13(21)22)14-7(17)2-1-3-8(18)19/h9,12,16H,1-5H2,(H,14,17)(H,18,19)(H,21,22)/t9-,12?/m1/s1. The third-order valence-corrected chi connectivity index (χ3v) is 4.89. The van der Waals surface area contributed by atoms with E-state index >= 15 is 0 Å². The number of aliphatic hydroxyl groups excluding tert-OH is 1. The first-order chi connectivity index (χ1) is 10.9. The number of hydrogen-bond acceptors (Lipinski definition) is 6. The highest BCUT2D eigenvalue weighted by molar-refractivity contribution is 8.00. The van der Waals surface area contributed by atoms with Gasteiger partial charge in [0.15, 0.2) is 0 Å². The molecule has 2 amide bonds. The number of amides is 2. The van der Waals surface area contributed by atoms with Gasteiger partial charge in [0.2, 0.25) is 5.91 Å². The third-order valence-electron chi connectivity index (χ3n) is 3.55. The summed E-state index contributed by atoms with van der Waals surface area (Å²) in [6.45, 7) is -0.447. The van der Waals surface area contributed by atoms with Gasteiger partial charge in [-0.15, -0.1) is 11.8 Å². The molecule has 4 N–H and O–H groups in total. The fourth-order valence-electron chi connectivity index (χ4n) is 2.45. The molecule has 0 spiro atoms. The molecule has 2 atom stereocenters. The van der Waals surface area contributed by atoms with Crippen molar-refractivity contribution in [2.24, 2.45) is 0 Å². The van der Waals surface area contributed by atoms with Crippen molar-refractivity contribution in [3.05, 3.63) is 11.3 Å². The van der Waals surface area contributed by atoms with Crippen LogP contribution in [0.4, 0.5) is 0 Å². The summed E-state index contributed by atoms with van der Waals surface area (Å²) in [5.41, 5.74) is 0.0379. The highest BCUT2D eigenvalue weighted by atomic mass is 32.2. The molecule has 126 valence electrons. The second-order valence-corrected chi connectivity index (χ2v) is 6.22. The van der Waals surface area contributed by atoms with Crippen molar-refractivity contribution in [1.82, 2.24) is 10.2 Å². The molecule has 9 nitrogen and oxygen atoms in total. The van der Waals surface area contributed by atoms with Crippen molar-refractivity contribution in [2.75, 3.05) is 12.4 Å². The van der Waals surface area contributed by atoms with E-state index in [1.807, 2.05) is 0 Å². The van der Waals surface area contributed by atoms with Crippen LogP contribution < -0.4 is 5.32 Å². The van der Waals surface area contributed by atoms with Gasteiger partial charge in [-0.3, -0.25) is 19.3 Å². The van der Waals surface area contributed by atoms with Crippen molar-refractivity contribution in [2.45, 2.75) is 30.7 Å². The number of carbonyl (C=O) groups is 4. The number of fused-ring (bicyclic) bond motifs is 1. The Morgan fingerprint density at radius 3 is 2.52 bits per heavy atom. The van der Waals surface area contributed by atoms with Gasteiger partial charge in [-0.25, -0.2) is 4.79 Å². The average Bonchev–Trinajstić information content (AvgIpc) is 2.50. The van der Waals surface area contributed by atoms with Crippen molar-refractivity contribution in [1.29, 1.82) is 0 Å². The van der Waals surface area contributed by atoms with Gasteiger partial charge in [-0.2, -0.15) is 0 Å². The van der Waals surface area contributed by atoms with Crippen molar-refractivity contribution < 1.29 is 34.5 Å². The van der Waals surface area contributed by atoms with Crippen molar-refractivity contribution in [3.8, 4) is 0 Å². The fourth-order valence-corrected chi connectivity index (χ4v) is 3.79. The molecule has 10 heteroatoms. The average molecular weight is 344 g/mol. The number of nitrogens with one attached hydrogen (secondary N) is 1. The molecular formula is C13H16N2O7S. The van der Waals surface area contributed by atoms with E-state index in [9.17, 15) is 29.4 Å². The summed E-state index contributed by atoms with van der Waals surface area (Å²) in [6, 6.07) is -0.827. The number of thioether (sulfide) groups is 1. The molecule has 2 rings (SSSR count). The summed E-state index contributed by atoms with van der Waals surface area (Å²) < 4.78 is 0. The van der Waals surface area contributed by atoms with Crippen LogP contribution in [0, 0.1) is 0 Å². The maximum absolute atomic E-state index is 12.1. The number of β-lactam (4-membered cyclic amide) rings is 1. The second kappa shape index (κ2) is 7.01. The monoisotopic (exact) mass is 344 g/mol. The van der Waals surface area contributed by atoms with E-state index < -0.39 is 41.8 Å². The summed E-state index contributed by atoms with van der Waals surface area (Å²) in [7, 11) is 0. The maximum atomic E-state index is 12.1. The summed E-state index contributed by atoms with van der Waals surface area (Å²) in [5.74, 6) is -3.02. The quantitative estimate of drug-likeness (QED) is 0.429. The molecule has 1 unspecified atom stereocenters. The van der Waals surface area contributed by atoms with E-state index in [1.165, 1.54) is 11.8 Å². The van der Waals surface area contributed by atoms with E-state index in [0.717, 1.165) is 4.90 Å². The van der Waals surface area contributed by atoms with E-state index in [4.69, 9.17) is 5.11 Å². The lowest BCUT2D eigenvalue weighted by Gasteiger charge is -2.49. The van der Waals surface area contributed by atoms with Crippen LogP contribution >= 0.6 is 11.8 Å². The first kappa shape index (κ1) is 17.3. The Hall–Kier alpha value is -2.07. The Morgan fingerprint density at radius 2 is 1.96 bits per heavy atom. The van der Waals surface area contributed by atoms with Crippen LogP contribution in [0.2, 0.25) is 0 Å². The normalized spacial score (nSPS) is 23.2. The first-order valence-electron chi connectivity index (χ1n) is 6.88. The number of hydrogen-bond donors (Lipinski definition) is 4. The lowest BCUT2D eigenvalue weighted by Crippen LogP contribution is -2.70. The summed E-state index contributed by atoms with van der Waals surface area (Å²) >= 11 is 1.26. The molecule has 2 aliphatic rings. The van der Waals surface area contributed by atoms with Gasteiger partial charge in [-0.1, -0.05) is 0 Å². The van der Waals surface area contributed by atoms with Crippen LogP contribution in [0.25, 0.3) is 0 Å². The zero-order valence-electron chi connectivity index (χ0n) is 12.0. The van der Waals surface area contributed by atoms with Gasteiger partial charge in [0, 0.05) is 18.6 Å². The highest BCUT2D eigenvalue weighted by Gasteiger charge is 2.53. The van der Waals surface area contributed by atoms with Crippen molar-refractivity contribution in [3.63, 3.8) is 0 Å². The molecule has 0 aromatic heterocycles. The van der Waals surface area contributed by atoms with Crippen LogP contribution in [-0.2, 0) is 19.2 Å². The summed E-state index contributed by atoms with van der Waals surface area (Å²) in [4.78, 5) is 46.6. The number of carboxylic acid groups (broad SMARTS) is 2. The van der Waals surface area contributed by atoms with E-state index in [-0.39, 0.29) is 36.3 Å². The predicted molar refractivity (Wildman–Crippen MR) is 78.3 cm³/mol. The summed E-state index contributed by atoms with van der Waals surface area (Å²) in [5, 5.41) is 28.9. The van der Waals surface area contributed by atoms with Gasteiger partial charge in [0.1, 0.15) is 17.1 Å². The molecule has 1 saturated heterocycles. The fraction of sp³-hybridized carbons (Fsp3) is 0.538. The largest absolute Gasteiger partial charge is 0.481 e. The van der Waals surface area contributed by atoms with Gasteiger partial charge in [0.25, 0.3) is 5.91 Å². The number of carbonyl (C=O) groups excluding carboxylic acids is 2. The Balaban J connectivity index is 1.98. The van der Waals surface area contributed by atoms with E-state index in [0.29, 0.717) is 0 Å². The highest BCUT2D eigenvalue weighted by Crippen LogP contribution is 2.40. The van der Waals surface area contributed by atoms with Gasteiger partial charge < -0.3 is 20.6 Å². The molecule has 0 aromatic rings. The van der Waals surface area contributed by atoms with Crippen LogP contribution in [0.15, 0.2) is 11.3 Å². The SMILES string of the molecule is O=C(O)CCCC(=O)N[C@@H]1C(=O)N2C(C(=O)O)=C(CO)CSC12. The van der Waals surface area contributed by atoms with Crippen LogP contribution in [0.1, 0.15) is 19.3 Å². The minimum atomic E-state index is -1.29. The van der Waals surface area contributed by atoms with Gasteiger partial charge in [-0.05, 0) is 12.0 Å². The molecular weight excluding hydrogens is 328 g/mol. The Bertz CT molecular complexity index is 589. The van der Waals surface area contributed by atoms with Gasteiger partial charge in [0.05, 0.1) is 6.61 Å². The minimum Gasteiger partial charge on any atom is -0.481 e. The van der Waals surface area contributed by atoms with E-state index in [1.54, 1.807) is 0 Å². The molecule has 2 aliphatic heterocycles. The molecule has 0 radical (unpaired) electrons. The molecule has 0 bridgehead atoms. The number of aliphatic hydroxyl groups is 1. The minimum absolute atomic E-state index is 0.0169. The Labute approximate surface area is 135 Å². The summed E-state index contributed by atoms with van der Waals surface area (Å²) in [6.07, 6.45) is 0.0115. The number of carboxylic acids is 2. The smallest absolute Gasteiger partial charge is 0.352 e. The molecule has 2 heterocycles. The molecule has 0 saturated carbocycles. The maximum Gasteiger partial charge on any atom is 0.352 e.